The van der Waals surface area contributed by atoms with Crippen molar-refractivity contribution in [3.8, 4) is 11.1 Å². The van der Waals surface area contributed by atoms with Crippen molar-refractivity contribution < 1.29 is 14.3 Å². The van der Waals surface area contributed by atoms with Gasteiger partial charge in [0.1, 0.15) is 6.04 Å². The number of urea groups is 1. The first-order valence-electron chi connectivity index (χ1n) is 10.1. The van der Waals surface area contributed by atoms with Crippen LogP contribution in [0.15, 0.2) is 54.6 Å². The molecule has 0 spiro atoms. The number of rotatable bonds is 5. The smallest absolute Gasteiger partial charge is 0.330 e. The van der Waals surface area contributed by atoms with E-state index >= 15 is 0 Å². The number of carbonyl (C=O) groups excluding carboxylic acids is 2. The average Bonchev–Trinajstić information content (AvgIpc) is 2.77. The first kappa shape index (κ1) is 21.6. The Hall–Kier alpha value is -3.06. The van der Waals surface area contributed by atoms with Crippen molar-refractivity contribution in [2.75, 3.05) is 38.2 Å². The molecule has 3 rings (SSSR count). The topological polar surface area (TPSA) is 87.9 Å². The van der Waals surface area contributed by atoms with Gasteiger partial charge < -0.3 is 25.6 Å². The molecule has 1 unspecified atom stereocenters. The minimum Gasteiger partial charge on any atom is -0.467 e. The van der Waals surface area contributed by atoms with Gasteiger partial charge in [0, 0.05) is 37.4 Å². The molecular weight excluding hydrogens is 380 g/mol. The Bertz CT molecular complexity index is 854. The zero-order valence-corrected chi connectivity index (χ0v) is 17.8. The second-order valence-electron chi connectivity index (χ2n) is 8.11. The number of methoxy groups -OCH3 is 1. The van der Waals surface area contributed by atoms with Gasteiger partial charge in [-0.2, -0.15) is 0 Å². The number of piperazine rings is 1. The lowest BCUT2D eigenvalue weighted by atomic mass is 9.96. The summed E-state index contributed by atoms with van der Waals surface area (Å²) in [6, 6.07) is 17.5. The van der Waals surface area contributed by atoms with E-state index in [-0.39, 0.29) is 6.03 Å². The first-order chi connectivity index (χ1) is 14.3. The van der Waals surface area contributed by atoms with Crippen molar-refractivity contribution in [3.63, 3.8) is 0 Å². The highest BCUT2D eigenvalue weighted by Crippen LogP contribution is 2.24. The van der Waals surface area contributed by atoms with Crippen molar-refractivity contribution in [1.82, 2.24) is 10.2 Å². The second kappa shape index (κ2) is 9.17. The van der Waals surface area contributed by atoms with Crippen molar-refractivity contribution in [2.45, 2.75) is 25.4 Å². The maximum Gasteiger partial charge on any atom is 0.330 e. The van der Waals surface area contributed by atoms with E-state index in [0.717, 1.165) is 5.69 Å². The van der Waals surface area contributed by atoms with Crippen molar-refractivity contribution in [2.24, 2.45) is 5.73 Å². The molecule has 1 aliphatic rings. The predicted molar refractivity (Wildman–Crippen MR) is 118 cm³/mol. The molecule has 0 aliphatic carbocycles. The van der Waals surface area contributed by atoms with Gasteiger partial charge in [0.05, 0.1) is 7.11 Å². The van der Waals surface area contributed by atoms with Gasteiger partial charge in [0.2, 0.25) is 0 Å². The Morgan fingerprint density at radius 3 is 2.07 bits per heavy atom. The third kappa shape index (κ3) is 5.10. The number of amides is 2. The summed E-state index contributed by atoms with van der Waals surface area (Å²) < 4.78 is 4.78. The minimum absolute atomic E-state index is 0.303. The average molecular weight is 411 g/mol. The number of ether oxygens (including phenoxy) is 1. The van der Waals surface area contributed by atoms with Crippen molar-refractivity contribution in [1.29, 1.82) is 0 Å². The standard InChI is InChI=1S/C23H30N4O3/c1-23(2,24)20(21(28)30-3)25-22(29)27-15-13-26(14-16-27)19-11-9-18(10-12-19)17-7-5-4-6-8-17/h4-12,20H,13-16,24H2,1-3H3,(H,25,29). The highest BCUT2D eigenvalue weighted by molar-refractivity contribution is 5.85. The first-order valence-corrected chi connectivity index (χ1v) is 10.1. The molecule has 2 aromatic rings. The molecule has 0 aromatic heterocycles. The third-order valence-electron chi connectivity index (χ3n) is 5.36. The van der Waals surface area contributed by atoms with E-state index in [1.165, 1.54) is 18.2 Å². The number of hydrogen-bond acceptors (Lipinski definition) is 5. The fraction of sp³-hybridized carbons (Fsp3) is 0.391. The number of hydrogen-bond donors (Lipinski definition) is 2. The van der Waals surface area contributed by atoms with Gasteiger partial charge in [-0.15, -0.1) is 0 Å². The molecular formula is C23H30N4O3. The van der Waals surface area contributed by atoms with Gasteiger partial charge in [0.15, 0.2) is 0 Å². The summed E-state index contributed by atoms with van der Waals surface area (Å²) in [6.45, 7) is 5.92. The van der Waals surface area contributed by atoms with Crippen LogP contribution in [0.1, 0.15) is 13.8 Å². The van der Waals surface area contributed by atoms with Crippen LogP contribution in [0.3, 0.4) is 0 Å². The zero-order valence-electron chi connectivity index (χ0n) is 17.8. The molecule has 7 nitrogen and oxygen atoms in total. The van der Waals surface area contributed by atoms with Gasteiger partial charge in [-0.25, -0.2) is 9.59 Å². The normalized spacial score (nSPS) is 15.5. The van der Waals surface area contributed by atoms with Crippen LogP contribution in [0.5, 0.6) is 0 Å². The Balaban J connectivity index is 1.58. The maximum absolute atomic E-state index is 12.7. The fourth-order valence-corrected chi connectivity index (χ4v) is 3.54. The maximum atomic E-state index is 12.7. The van der Waals surface area contributed by atoms with Crippen LogP contribution >= 0.6 is 0 Å². The molecule has 0 saturated carbocycles. The second-order valence-corrected chi connectivity index (χ2v) is 8.11. The van der Waals surface area contributed by atoms with Crippen LogP contribution in [0.2, 0.25) is 0 Å². The summed E-state index contributed by atoms with van der Waals surface area (Å²) in [5.41, 5.74) is 8.61. The van der Waals surface area contributed by atoms with Crippen LogP contribution in [0.4, 0.5) is 10.5 Å². The van der Waals surface area contributed by atoms with E-state index in [2.05, 4.69) is 46.6 Å². The molecule has 0 radical (unpaired) electrons. The summed E-state index contributed by atoms with van der Waals surface area (Å²) >= 11 is 0. The number of benzene rings is 2. The number of carbonyl (C=O) groups is 2. The van der Waals surface area contributed by atoms with E-state index in [0.29, 0.717) is 26.2 Å². The third-order valence-corrected chi connectivity index (χ3v) is 5.36. The molecule has 1 heterocycles. The van der Waals surface area contributed by atoms with E-state index in [1.807, 2.05) is 18.2 Å². The van der Waals surface area contributed by atoms with E-state index in [9.17, 15) is 9.59 Å². The van der Waals surface area contributed by atoms with Gasteiger partial charge in [-0.3, -0.25) is 0 Å². The lowest BCUT2D eigenvalue weighted by Gasteiger charge is -2.37. The van der Waals surface area contributed by atoms with Gasteiger partial charge >= 0.3 is 12.0 Å². The Kier molecular flexibility index (Phi) is 6.62. The number of nitrogens with two attached hydrogens (primary N) is 1. The van der Waals surface area contributed by atoms with Crippen molar-refractivity contribution >= 4 is 17.7 Å². The Labute approximate surface area is 177 Å². The summed E-state index contributed by atoms with van der Waals surface area (Å²) in [5.74, 6) is -0.548. The van der Waals surface area contributed by atoms with Gasteiger partial charge in [-0.05, 0) is 37.1 Å². The van der Waals surface area contributed by atoms with E-state index in [4.69, 9.17) is 10.5 Å². The van der Waals surface area contributed by atoms with Crippen LogP contribution in [0, 0.1) is 0 Å². The van der Waals surface area contributed by atoms with E-state index < -0.39 is 17.6 Å². The quantitative estimate of drug-likeness (QED) is 0.740. The molecule has 7 heteroatoms. The highest BCUT2D eigenvalue weighted by Gasteiger charge is 2.35. The summed E-state index contributed by atoms with van der Waals surface area (Å²) in [6.07, 6.45) is 0. The Morgan fingerprint density at radius 1 is 0.967 bits per heavy atom. The van der Waals surface area contributed by atoms with E-state index in [1.54, 1.807) is 18.7 Å². The van der Waals surface area contributed by atoms with Crippen LogP contribution in [-0.2, 0) is 9.53 Å². The number of anilines is 1. The van der Waals surface area contributed by atoms with Crippen LogP contribution < -0.4 is 16.0 Å². The monoisotopic (exact) mass is 410 g/mol. The molecule has 160 valence electrons. The number of nitrogens with zero attached hydrogens (tertiary/aromatic N) is 2. The van der Waals surface area contributed by atoms with Crippen LogP contribution in [-0.4, -0.2) is 61.8 Å². The molecule has 2 amide bonds. The largest absolute Gasteiger partial charge is 0.467 e. The summed E-state index contributed by atoms with van der Waals surface area (Å²) in [4.78, 5) is 28.6. The molecule has 1 saturated heterocycles. The molecule has 1 atom stereocenters. The summed E-state index contributed by atoms with van der Waals surface area (Å²) in [5, 5.41) is 2.73. The van der Waals surface area contributed by atoms with Crippen molar-refractivity contribution in [3.05, 3.63) is 54.6 Å². The molecule has 2 aromatic carbocycles. The molecule has 1 aliphatic heterocycles. The molecule has 0 bridgehead atoms. The molecule has 3 N–H and O–H groups in total. The number of nitrogens with one attached hydrogen (secondary N) is 1. The molecule has 1 fully saturated rings. The fourth-order valence-electron chi connectivity index (χ4n) is 3.54. The number of esters is 1. The Morgan fingerprint density at radius 2 is 1.53 bits per heavy atom. The van der Waals surface area contributed by atoms with Gasteiger partial charge in [0.25, 0.3) is 0 Å². The summed E-state index contributed by atoms with van der Waals surface area (Å²) in [7, 11) is 1.29. The zero-order chi connectivity index (χ0) is 21.7. The lowest BCUT2D eigenvalue weighted by molar-refractivity contribution is -0.144. The molecule has 30 heavy (non-hydrogen) atoms. The van der Waals surface area contributed by atoms with Crippen LogP contribution in [0.25, 0.3) is 11.1 Å². The lowest BCUT2D eigenvalue weighted by Crippen LogP contribution is -2.62. The minimum atomic E-state index is -0.926. The predicted octanol–water partition coefficient (Wildman–Crippen LogP) is 2.46. The highest BCUT2D eigenvalue weighted by atomic mass is 16.5. The van der Waals surface area contributed by atoms with Gasteiger partial charge in [-0.1, -0.05) is 42.5 Å². The SMILES string of the molecule is COC(=O)C(NC(=O)N1CCN(c2ccc(-c3ccccc3)cc2)CC1)C(C)(C)N.